The Balaban J connectivity index is 1.23. The molecule has 1 aromatic rings. The lowest BCUT2D eigenvalue weighted by Gasteiger charge is -2.35. The van der Waals surface area contributed by atoms with Crippen molar-refractivity contribution in [2.24, 2.45) is 0 Å². The molecule has 0 spiro atoms. The molecule has 0 radical (unpaired) electrons. The summed E-state index contributed by atoms with van der Waals surface area (Å²) in [6.45, 7) is 20.8. The van der Waals surface area contributed by atoms with Crippen molar-refractivity contribution >= 4 is 6.09 Å². The summed E-state index contributed by atoms with van der Waals surface area (Å²) in [6.07, 6.45) is 0.370. The number of nitrogens with one attached hydrogen (secondary N) is 1. The third-order valence-electron chi connectivity index (χ3n) is 7.96. The van der Waals surface area contributed by atoms with Crippen molar-refractivity contribution in [2.75, 3.05) is 191 Å². The van der Waals surface area contributed by atoms with E-state index in [0.717, 1.165) is 31.0 Å². The van der Waals surface area contributed by atoms with Crippen molar-refractivity contribution in [1.29, 1.82) is 0 Å². The maximum Gasteiger partial charge on any atom is 0.410 e. The molecule has 20 nitrogen and oxygen atoms in total. The molecule has 0 saturated carbocycles. The zero-order valence-corrected chi connectivity index (χ0v) is 35.4. The number of carbonyl (C=O) groups excluding carboxylic acids is 1. The molecule has 2 rings (SSSR count). The number of carbonyl (C=O) groups is 1. The van der Waals surface area contributed by atoms with Crippen molar-refractivity contribution in [3.05, 3.63) is 11.4 Å². The van der Waals surface area contributed by atoms with Gasteiger partial charge < -0.3 is 71.6 Å². The fourth-order valence-electron chi connectivity index (χ4n) is 4.97. The van der Waals surface area contributed by atoms with Crippen LogP contribution in [0.4, 0.5) is 4.79 Å². The second-order valence-corrected chi connectivity index (χ2v) is 13.8. The minimum atomic E-state index is -0.486. The second-order valence-electron chi connectivity index (χ2n) is 13.8. The van der Waals surface area contributed by atoms with Crippen molar-refractivity contribution in [3.8, 4) is 0 Å². The SMILES string of the molecule is CC(C)(C)OC(=O)N1CCN(CCOCc2n[nH]nc2CCOCCOCCOCCOCCOCCOCCOCCOCCOCCOCCOCCO)CC1. The van der Waals surface area contributed by atoms with Crippen LogP contribution >= 0.6 is 0 Å². The molecule has 1 fully saturated rings. The standard InChI is InChI=1S/C38H73N5O15/c1-38(2,3)58-37(45)43-7-5-42(6-8-43)9-12-57-34-36-35(39-41-40-36)4-11-46-14-16-48-18-20-50-22-24-52-26-28-54-30-32-56-33-31-55-29-27-53-25-23-51-21-19-49-17-15-47-13-10-44/h44H,4-34H2,1-3H3,(H,39,40,41). The normalized spacial score (nSPS) is 13.8. The van der Waals surface area contributed by atoms with Crippen LogP contribution in [0.5, 0.6) is 0 Å². The van der Waals surface area contributed by atoms with Gasteiger partial charge in [-0.3, -0.25) is 4.90 Å². The average Bonchev–Trinajstić information content (AvgIpc) is 3.66. The van der Waals surface area contributed by atoms with Crippen molar-refractivity contribution in [3.63, 3.8) is 0 Å². The number of aromatic amines is 1. The zero-order valence-electron chi connectivity index (χ0n) is 35.4. The lowest BCUT2D eigenvalue weighted by Crippen LogP contribution is -2.50. The summed E-state index contributed by atoms with van der Waals surface area (Å²) in [5.74, 6) is 0. The third kappa shape index (κ3) is 30.8. The van der Waals surface area contributed by atoms with E-state index < -0.39 is 5.60 Å². The summed E-state index contributed by atoms with van der Waals surface area (Å²) in [6, 6.07) is 0. The number of rotatable bonds is 40. The minimum absolute atomic E-state index is 0.0199. The van der Waals surface area contributed by atoms with Gasteiger partial charge in [-0.2, -0.15) is 15.4 Å². The fourth-order valence-corrected chi connectivity index (χ4v) is 4.97. The predicted octanol–water partition coefficient (Wildman–Crippen LogP) is 0.591. The summed E-state index contributed by atoms with van der Waals surface area (Å²) in [5.41, 5.74) is 1.12. The van der Waals surface area contributed by atoms with Gasteiger partial charge in [-0.05, 0) is 20.8 Å². The van der Waals surface area contributed by atoms with Crippen molar-refractivity contribution in [2.45, 2.75) is 39.4 Å². The minimum Gasteiger partial charge on any atom is -0.444 e. The van der Waals surface area contributed by atoms with E-state index in [2.05, 4.69) is 20.3 Å². The van der Waals surface area contributed by atoms with Crippen LogP contribution in [0.1, 0.15) is 32.2 Å². The summed E-state index contributed by atoms with van der Waals surface area (Å²) < 4.78 is 71.4. The number of nitrogens with zero attached hydrogens (tertiary/aromatic N) is 4. The van der Waals surface area contributed by atoms with Gasteiger partial charge in [0.25, 0.3) is 0 Å². The molecule has 0 atom stereocenters. The van der Waals surface area contributed by atoms with E-state index in [1.807, 2.05) is 20.8 Å². The molecule has 1 aliphatic rings. The lowest BCUT2D eigenvalue weighted by atomic mass is 10.2. The van der Waals surface area contributed by atoms with Crippen LogP contribution in [-0.4, -0.2) is 233 Å². The Morgan fingerprint density at radius 3 is 1.26 bits per heavy atom. The van der Waals surface area contributed by atoms with Crippen LogP contribution in [0.3, 0.4) is 0 Å². The molecular weight excluding hydrogens is 766 g/mol. The summed E-state index contributed by atoms with van der Waals surface area (Å²) in [5, 5.41) is 19.7. The van der Waals surface area contributed by atoms with E-state index in [1.54, 1.807) is 4.90 Å². The number of aromatic nitrogens is 3. The first kappa shape index (κ1) is 52.0. The number of aliphatic hydroxyl groups excluding tert-OH is 1. The smallest absolute Gasteiger partial charge is 0.410 e. The van der Waals surface area contributed by atoms with Gasteiger partial charge in [0.15, 0.2) is 0 Å². The Labute approximate surface area is 344 Å². The molecule has 2 heterocycles. The van der Waals surface area contributed by atoms with Crippen molar-refractivity contribution < 1.29 is 71.5 Å². The first-order valence-electron chi connectivity index (χ1n) is 20.5. The molecule has 1 aromatic heterocycles. The Morgan fingerprint density at radius 1 is 0.517 bits per heavy atom. The number of aliphatic hydroxyl groups is 1. The average molecular weight is 840 g/mol. The summed E-state index contributed by atoms with van der Waals surface area (Å²) in [4.78, 5) is 16.3. The van der Waals surface area contributed by atoms with Crippen LogP contribution in [0.2, 0.25) is 0 Å². The second kappa shape index (κ2) is 36.7. The Hall–Kier alpha value is -2.15. The molecule has 0 bridgehead atoms. The summed E-state index contributed by atoms with van der Waals surface area (Å²) in [7, 11) is 0. The fraction of sp³-hybridized carbons (Fsp3) is 0.921. The van der Waals surface area contributed by atoms with Gasteiger partial charge in [0.05, 0.1) is 171 Å². The maximum atomic E-state index is 12.2. The largest absolute Gasteiger partial charge is 0.444 e. The Bertz CT molecular complexity index is 1060. The molecule has 340 valence electrons. The van der Waals surface area contributed by atoms with Crippen molar-refractivity contribution in [1.82, 2.24) is 25.2 Å². The van der Waals surface area contributed by atoms with Crippen LogP contribution in [0.15, 0.2) is 0 Å². The monoisotopic (exact) mass is 840 g/mol. The topological polar surface area (TPSA) is 205 Å². The van der Waals surface area contributed by atoms with E-state index >= 15 is 0 Å². The van der Waals surface area contributed by atoms with E-state index in [4.69, 9.17) is 66.7 Å². The van der Waals surface area contributed by atoms with Gasteiger partial charge >= 0.3 is 6.09 Å². The van der Waals surface area contributed by atoms with Gasteiger partial charge in [-0.15, -0.1) is 0 Å². The van der Waals surface area contributed by atoms with Gasteiger partial charge in [0.1, 0.15) is 11.3 Å². The summed E-state index contributed by atoms with van der Waals surface area (Å²) >= 11 is 0. The Morgan fingerprint density at radius 2 is 0.879 bits per heavy atom. The van der Waals surface area contributed by atoms with Crippen LogP contribution in [-0.2, 0) is 74.6 Å². The predicted molar refractivity (Wildman–Crippen MR) is 210 cm³/mol. The number of hydrogen-bond acceptors (Lipinski definition) is 18. The molecular formula is C38H73N5O15. The van der Waals surface area contributed by atoms with Gasteiger partial charge in [0, 0.05) is 39.1 Å². The van der Waals surface area contributed by atoms with Gasteiger partial charge in [-0.1, -0.05) is 0 Å². The maximum absolute atomic E-state index is 12.2. The molecule has 20 heteroatoms. The highest BCUT2D eigenvalue weighted by molar-refractivity contribution is 5.68. The highest BCUT2D eigenvalue weighted by Gasteiger charge is 2.25. The molecule has 1 amide bonds. The number of ether oxygens (including phenoxy) is 13. The van der Waals surface area contributed by atoms with Crippen LogP contribution in [0, 0.1) is 0 Å². The molecule has 0 unspecified atom stereocenters. The van der Waals surface area contributed by atoms with E-state index in [9.17, 15) is 4.79 Å². The zero-order chi connectivity index (χ0) is 41.6. The van der Waals surface area contributed by atoms with E-state index in [-0.39, 0.29) is 12.7 Å². The first-order chi connectivity index (χ1) is 28.4. The van der Waals surface area contributed by atoms with Crippen LogP contribution in [0.25, 0.3) is 0 Å². The van der Waals surface area contributed by atoms with Crippen LogP contribution < -0.4 is 0 Å². The number of amides is 1. The lowest BCUT2D eigenvalue weighted by molar-refractivity contribution is -0.0278. The molecule has 1 aliphatic heterocycles. The molecule has 2 N–H and O–H groups in total. The molecule has 0 aromatic carbocycles. The van der Waals surface area contributed by atoms with Gasteiger partial charge in [-0.25, -0.2) is 4.79 Å². The highest BCUT2D eigenvalue weighted by Crippen LogP contribution is 2.12. The number of H-pyrrole nitrogens is 1. The molecule has 1 saturated heterocycles. The molecule has 0 aliphatic carbocycles. The molecule has 58 heavy (non-hydrogen) atoms. The van der Waals surface area contributed by atoms with Gasteiger partial charge in [0.2, 0.25) is 0 Å². The first-order valence-corrected chi connectivity index (χ1v) is 20.5. The highest BCUT2D eigenvalue weighted by atomic mass is 16.6. The number of hydrogen-bond donors (Lipinski definition) is 2. The number of piperazine rings is 1. The van der Waals surface area contributed by atoms with E-state index in [1.165, 1.54) is 0 Å². The third-order valence-corrected chi connectivity index (χ3v) is 7.96. The van der Waals surface area contributed by atoms with E-state index in [0.29, 0.717) is 178 Å². The Kier molecular flexibility index (Phi) is 32.9. The quantitative estimate of drug-likeness (QED) is 0.0868.